The van der Waals surface area contributed by atoms with E-state index < -0.39 is 10.0 Å². The maximum atomic E-state index is 12.8. The van der Waals surface area contributed by atoms with Gasteiger partial charge in [0.15, 0.2) is 0 Å². The predicted octanol–water partition coefficient (Wildman–Crippen LogP) is 3.31. The topological polar surface area (TPSA) is 54.5 Å². The molecule has 0 N–H and O–H groups in total. The van der Waals surface area contributed by atoms with E-state index in [2.05, 4.69) is 0 Å². The fourth-order valence-corrected chi connectivity index (χ4v) is 6.78. The SMILES string of the molecule is O=C1CCCCC1C1CCCN1S(=O)(=O)c1ccc(Cl)s1. The lowest BCUT2D eigenvalue weighted by molar-refractivity contribution is -0.126. The van der Waals surface area contributed by atoms with Crippen LogP contribution in [0.2, 0.25) is 4.34 Å². The molecule has 1 saturated heterocycles. The molecule has 2 unspecified atom stereocenters. The third kappa shape index (κ3) is 2.91. The summed E-state index contributed by atoms with van der Waals surface area (Å²) in [6.45, 7) is 0.506. The predicted molar refractivity (Wildman–Crippen MR) is 83.2 cm³/mol. The zero-order valence-electron chi connectivity index (χ0n) is 11.6. The summed E-state index contributed by atoms with van der Waals surface area (Å²) < 4.78 is 27.8. The number of thiophene rings is 1. The van der Waals surface area contributed by atoms with Gasteiger partial charge in [0.1, 0.15) is 9.99 Å². The average molecular weight is 348 g/mol. The Labute approximate surface area is 134 Å². The Hall–Kier alpha value is -0.430. The average Bonchev–Trinajstić information content (AvgIpc) is 3.08. The molecule has 1 aliphatic heterocycles. The van der Waals surface area contributed by atoms with Crippen LogP contribution in [0.15, 0.2) is 16.3 Å². The van der Waals surface area contributed by atoms with Crippen LogP contribution in [0.25, 0.3) is 0 Å². The van der Waals surface area contributed by atoms with Gasteiger partial charge in [-0.25, -0.2) is 8.42 Å². The molecule has 3 rings (SSSR count). The van der Waals surface area contributed by atoms with Crippen LogP contribution in [0, 0.1) is 5.92 Å². The molecule has 1 saturated carbocycles. The summed E-state index contributed by atoms with van der Waals surface area (Å²) in [7, 11) is -3.52. The van der Waals surface area contributed by atoms with Crippen molar-refractivity contribution in [2.24, 2.45) is 5.92 Å². The van der Waals surface area contributed by atoms with Crippen molar-refractivity contribution < 1.29 is 13.2 Å². The molecule has 7 heteroatoms. The zero-order chi connectivity index (χ0) is 15.0. The lowest BCUT2D eigenvalue weighted by Crippen LogP contribution is -2.43. The largest absolute Gasteiger partial charge is 0.299 e. The molecule has 1 aliphatic carbocycles. The molecule has 2 aliphatic rings. The fourth-order valence-electron chi connectivity index (χ4n) is 3.44. The van der Waals surface area contributed by atoms with Gasteiger partial charge in [0.2, 0.25) is 0 Å². The van der Waals surface area contributed by atoms with Gasteiger partial charge in [0.25, 0.3) is 10.0 Å². The molecular weight excluding hydrogens is 330 g/mol. The van der Waals surface area contributed by atoms with Gasteiger partial charge in [-0.15, -0.1) is 11.3 Å². The molecule has 116 valence electrons. The van der Waals surface area contributed by atoms with Gasteiger partial charge in [0.05, 0.1) is 4.34 Å². The Bertz CT molecular complexity index is 640. The van der Waals surface area contributed by atoms with Crippen LogP contribution in [-0.2, 0) is 14.8 Å². The van der Waals surface area contributed by atoms with Gasteiger partial charge in [-0.2, -0.15) is 4.31 Å². The van der Waals surface area contributed by atoms with E-state index in [0.717, 1.165) is 43.4 Å². The Morgan fingerprint density at radius 1 is 1.19 bits per heavy atom. The Morgan fingerprint density at radius 3 is 2.67 bits per heavy atom. The van der Waals surface area contributed by atoms with E-state index in [1.165, 1.54) is 0 Å². The number of Topliss-reactive ketones (excluding diaryl/α,β-unsaturated/α-hetero) is 1. The molecule has 0 aromatic carbocycles. The van der Waals surface area contributed by atoms with E-state index in [-0.39, 0.29) is 22.0 Å². The monoisotopic (exact) mass is 347 g/mol. The normalized spacial score (nSPS) is 28.1. The number of hydrogen-bond donors (Lipinski definition) is 0. The summed E-state index contributed by atoms with van der Waals surface area (Å²) in [4.78, 5) is 12.2. The highest BCUT2D eigenvalue weighted by Gasteiger charge is 2.42. The third-order valence-corrected chi connectivity index (χ3v) is 8.05. The first-order valence-electron chi connectivity index (χ1n) is 7.30. The highest BCUT2D eigenvalue weighted by Crippen LogP contribution is 2.37. The van der Waals surface area contributed by atoms with Crippen LogP contribution < -0.4 is 0 Å². The minimum Gasteiger partial charge on any atom is -0.299 e. The number of rotatable bonds is 3. The fraction of sp³-hybridized carbons (Fsp3) is 0.643. The van der Waals surface area contributed by atoms with Crippen LogP contribution in [0.3, 0.4) is 0 Å². The minimum absolute atomic E-state index is 0.119. The van der Waals surface area contributed by atoms with Gasteiger partial charge in [-0.3, -0.25) is 4.79 Å². The Balaban J connectivity index is 1.88. The van der Waals surface area contributed by atoms with E-state index in [0.29, 0.717) is 17.3 Å². The van der Waals surface area contributed by atoms with E-state index in [4.69, 9.17) is 11.6 Å². The number of sulfonamides is 1. The smallest absolute Gasteiger partial charge is 0.252 e. The lowest BCUT2D eigenvalue weighted by Gasteiger charge is -2.32. The second-order valence-corrected chi connectivity index (χ2v) is 9.53. The molecule has 21 heavy (non-hydrogen) atoms. The maximum absolute atomic E-state index is 12.8. The van der Waals surface area contributed by atoms with Gasteiger partial charge in [-0.05, 0) is 37.8 Å². The quantitative estimate of drug-likeness (QED) is 0.842. The highest BCUT2D eigenvalue weighted by molar-refractivity contribution is 7.91. The Morgan fingerprint density at radius 2 is 2.00 bits per heavy atom. The van der Waals surface area contributed by atoms with Crippen LogP contribution in [0.5, 0.6) is 0 Å². The number of halogens is 1. The van der Waals surface area contributed by atoms with Gasteiger partial charge < -0.3 is 0 Å². The molecule has 1 aromatic heterocycles. The summed E-state index contributed by atoms with van der Waals surface area (Å²) in [6.07, 6.45) is 4.99. The van der Waals surface area contributed by atoms with E-state index in [1.54, 1.807) is 16.4 Å². The molecule has 0 bridgehead atoms. The lowest BCUT2D eigenvalue weighted by atomic mass is 9.82. The van der Waals surface area contributed by atoms with E-state index in [1.807, 2.05) is 0 Å². The molecular formula is C14H18ClNO3S2. The van der Waals surface area contributed by atoms with Gasteiger partial charge >= 0.3 is 0 Å². The van der Waals surface area contributed by atoms with Crippen LogP contribution in [0.1, 0.15) is 38.5 Å². The van der Waals surface area contributed by atoms with Crippen molar-refractivity contribution in [3.8, 4) is 0 Å². The second kappa shape index (κ2) is 5.99. The molecule has 2 heterocycles. The molecule has 0 radical (unpaired) electrons. The van der Waals surface area contributed by atoms with E-state index in [9.17, 15) is 13.2 Å². The first-order valence-corrected chi connectivity index (χ1v) is 9.93. The second-order valence-electron chi connectivity index (χ2n) is 5.70. The zero-order valence-corrected chi connectivity index (χ0v) is 14.0. The summed E-state index contributed by atoms with van der Waals surface area (Å²) in [5.41, 5.74) is 0. The molecule has 1 aromatic rings. The first kappa shape index (κ1) is 15.5. The van der Waals surface area contributed by atoms with Crippen LogP contribution in [0.4, 0.5) is 0 Å². The highest BCUT2D eigenvalue weighted by atomic mass is 35.5. The van der Waals surface area contributed by atoms with Crippen molar-refractivity contribution in [3.05, 3.63) is 16.5 Å². The van der Waals surface area contributed by atoms with Crippen LogP contribution in [-0.4, -0.2) is 31.1 Å². The first-order chi connectivity index (χ1) is 10.00. The van der Waals surface area contributed by atoms with Gasteiger partial charge in [0, 0.05) is 24.9 Å². The third-order valence-electron chi connectivity index (χ3n) is 4.43. The summed E-state index contributed by atoms with van der Waals surface area (Å²) in [6, 6.07) is 3.00. The van der Waals surface area contributed by atoms with Crippen molar-refractivity contribution in [2.45, 2.75) is 48.8 Å². The maximum Gasteiger partial charge on any atom is 0.252 e. The molecule has 2 fully saturated rings. The molecule has 2 atom stereocenters. The van der Waals surface area contributed by atoms with E-state index >= 15 is 0 Å². The van der Waals surface area contributed by atoms with Gasteiger partial charge in [-0.1, -0.05) is 18.0 Å². The van der Waals surface area contributed by atoms with Crippen molar-refractivity contribution in [2.75, 3.05) is 6.54 Å². The number of carbonyl (C=O) groups is 1. The number of nitrogens with zero attached hydrogens (tertiary/aromatic N) is 1. The summed E-state index contributed by atoms with van der Waals surface area (Å²) in [5.74, 6) is 0.115. The molecule has 4 nitrogen and oxygen atoms in total. The number of ketones is 1. The van der Waals surface area contributed by atoms with Crippen molar-refractivity contribution in [1.29, 1.82) is 0 Å². The van der Waals surface area contributed by atoms with Crippen molar-refractivity contribution in [3.63, 3.8) is 0 Å². The number of hydrogen-bond acceptors (Lipinski definition) is 4. The summed E-state index contributed by atoms with van der Waals surface area (Å²) in [5, 5.41) is 0. The summed E-state index contributed by atoms with van der Waals surface area (Å²) >= 11 is 6.94. The van der Waals surface area contributed by atoms with Crippen molar-refractivity contribution in [1.82, 2.24) is 4.31 Å². The minimum atomic E-state index is -3.52. The standard InChI is InChI=1S/C14H18ClNO3S2/c15-13-7-8-14(20-13)21(18,19)16-9-3-5-11(16)10-4-1-2-6-12(10)17/h7-8,10-11H,1-6,9H2. The molecule has 0 amide bonds. The Kier molecular flexibility index (Phi) is 4.41. The van der Waals surface area contributed by atoms with Crippen LogP contribution >= 0.6 is 22.9 Å². The number of carbonyl (C=O) groups excluding carboxylic acids is 1. The molecule has 0 spiro atoms. The van der Waals surface area contributed by atoms with Crippen molar-refractivity contribution >= 4 is 38.7 Å².